The second kappa shape index (κ2) is 4.72. The number of methoxy groups -OCH3 is 1. The van der Waals surface area contributed by atoms with Gasteiger partial charge in [0.25, 0.3) is 0 Å². The van der Waals surface area contributed by atoms with Gasteiger partial charge >= 0.3 is 0 Å². The Hall–Kier alpha value is -1.05. The highest BCUT2D eigenvalue weighted by atomic mass is 19.1. The number of halogens is 1. The summed E-state index contributed by atoms with van der Waals surface area (Å²) in [6.45, 7) is 8.82. The lowest BCUT2D eigenvalue weighted by atomic mass is 10.2. The minimum atomic E-state index is -0.459. The number of ether oxygens (including phenoxy) is 1. The third kappa shape index (κ3) is 2.58. The van der Waals surface area contributed by atoms with Crippen molar-refractivity contribution in [3.05, 3.63) is 36.4 Å². The second-order valence-electron chi connectivity index (χ2n) is 2.04. The van der Waals surface area contributed by atoms with Gasteiger partial charge in [-0.05, 0) is 18.1 Å². The molecule has 0 saturated carbocycles. The summed E-state index contributed by atoms with van der Waals surface area (Å²) in [6.07, 6.45) is 1.78. The van der Waals surface area contributed by atoms with Crippen molar-refractivity contribution in [3.63, 3.8) is 0 Å². The van der Waals surface area contributed by atoms with E-state index in [2.05, 4.69) is 13.2 Å². The Labute approximate surface area is 66.9 Å². The SMILES string of the molecule is C=C/C(F)=C(/OC)C(=C)CC. The summed E-state index contributed by atoms with van der Waals surface area (Å²) in [6, 6.07) is 0. The first kappa shape index (κ1) is 9.95. The zero-order valence-electron chi connectivity index (χ0n) is 6.98. The third-order valence-corrected chi connectivity index (χ3v) is 1.35. The summed E-state index contributed by atoms with van der Waals surface area (Å²) in [5.74, 6) is -0.262. The maximum Gasteiger partial charge on any atom is 0.164 e. The van der Waals surface area contributed by atoms with Gasteiger partial charge in [-0.25, -0.2) is 4.39 Å². The molecule has 2 heteroatoms. The van der Waals surface area contributed by atoms with Crippen molar-refractivity contribution in [2.24, 2.45) is 0 Å². The average molecular weight is 156 g/mol. The van der Waals surface area contributed by atoms with Crippen LogP contribution in [0.15, 0.2) is 36.4 Å². The number of hydrogen-bond acceptors (Lipinski definition) is 1. The molecule has 0 unspecified atom stereocenters. The molecular weight excluding hydrogens is 143 g/mol. The van der Waals surface area contributed by atoms with Gasteiger partial charge in [0.1, 0.15) is 0 Å². The third-order valence-electron chi connectivity index (χ3n) is 1.35. The van der Waals surface area contributed by atoms with Gasteiger partial charge in [-0.1, -0.05) is 20.1 Å². The maximum atomic E-state index is 12.8. The van der Waals surface area contributed by atoms with Gasteiger partial charge in [-0.3, -0.25) is 0 Å². The van der Waals surface area contributed by atoms with Gasteiger partial charge in [0.2, 0.25) is 0 Å². The first-order valence-corrected chi connectivity index (χ1v) is 3.41. The van der Waals surface area contributed by atoms with Crippen LogP contribution in [0.2, 0.25) is 0 Å². The lowest BCUT2D eigenvalue weighted by Crippen LogP contribution is -1.92. The van der Waals surface area contributed by atoms with E-state index in [4.69, 9.17) is 4.74 Å². The van der Waals surface area contributed by atoms with Gasteiger partial charge in [-0.2, -0.15) is 0 Å². The smallest absolute Gasteiger partial charge is 0.164 e. The van der Waals surface area contributed by atoms with E-state index in [1.165, 1.54) is 7.11 Å². The molecule has 0 saturated heterocycles. The Morgan fingerprint density at radius 2 is 2.18 bits per heavy atom. The van der Waals surface area contributed by atoms with E-state index in [0.29, 0.717) is 12.0 Å². The van der Waals surface area contributed by atoms with Crippen LogP contribution in [-0.4, -0.2) is 7.11 Å². The Kier molecular flexibility index (Phi) is 4.27. The highest BCUT2D eigenvalue weighted by Crippen LogP contribution is 2.18. The zero-order valence-corrected chi connectivity index (χ0v) is 6.98. The fraction of sp³-hybridized carbons (Fsp3) is 0.333. The molecule has 0 aliphatic heterocycles. The molecule has 0 aliphatic rings. The van der Waals surface area contributed by atoms with Crippen molar-refractivity contribution in [3.8, 4) is 0 Å². The van der Waals surface area contributed by atoms with Crippen molar-refractivity contribution in [1.82, 2.24) is 0 Å². The Bertz CT molecular complexity index is 192. The molecule has 11 heavy (non-hydrogen) atoms. The van der Waals surface area contributed by atoms with Crippen molar-refractivity contribution in [2.45, 2.75) is 13.3 Å². The van der Waals surface area contributed by atoms with Gasteiger partial charge in [0, 0.05) is 0 Å². The molecule has 1 nitrogen and oxygen atoms in total. The molecule has 0 atom stereocenters. The molecule has 0 radical (unpaired) electrons. The van der Waals surface area contributed by atoms with E-state index in [9.17, 15) is 4.39 Å². The highest BCUT2D eigenvalue weighted by Gasteiger charge is 2.05. The lowest BCUT2D eigenvalue weighted by Gasteiger charge is -2.06. The quantitative estimate of drug-likeness (QED) is 0.449. The van der Waals surface area contributed by atoms with Crippen LogP contribution in [0.25, 0.3) is 0 Å². The molecular formula is C9H13FO. The van der Waals surface area contributed by atoms with E-state index in [1.807, 2.05) is 6.92 Å². The summed E-state index contributed by atoms with van der Waals surface area (Å²) < 4.78 is 17.6. The molecule has 0 aromatic carbocycles. The van der Waals surface area contributed by atoms with Crippen LogP contribution in [-0.2, 0) is 4.74 Å². The van der Waals surface area contributed by atoms with Crippen molar-refractivity contribution in [1.29, 1.82) is 0 Å². The minimum Gasteiger partial charge on any atom is -0.493 e. The second-order valence-corrected chi connectivity index (χ2v) is 2.04. The van der Waals surface area contributed by atoms with E-state index >= 15 is 0 Å². The molecule has 0 bridgehead atoms. The van der Waals surface area contributed by atoms with E-state index in [1.54, 1.807) is 0 Å². The molecule has 0 rings (SSSR count). The van der Waals surface area contributed by atoms with Crippen LogP contribution in [0.1, 0.15) is 13.3 Å². The normalized spacial score (nSPS) is 11.9. The standard InChI is InChI=1S/C9H13FO/c1-5-7(3)9(11-4)8(10)6-2/h6H,2-3,5H2,1,4H3/b9-8-. The van der Waals surface area contributed by atoms with Crippen LogP contribution >= 0.6 is 0 Å². The number of allylic oxidation sites excluding steroid dienone is 3. The maximum absolute atomic E-state index is 12.8. The topological polar surface area (TPSA) is 9.23 Å². The molecule has 0 heterocycles. The van der Waals surface area contributed by atoms with Gasteiger partial charge in [0.15, 0.2) is 11.6 Å². The summed E-state index contributed by atoms with van der Waals surface area (Å²) in [5.41, 5.74) is 0.643. The largest absolute Gasteiger partial charge is 0.493 e. The first-order valence-electron chi connectivity index (χ1n) is 3.41. The van der Waals surface area contributed by atoms with Crippen LogP contribution in [0.4, 0.5) is 4.39 Å². The monoisotopic (exact) mass is 156 g/mol. The molecule has 0 aliphatic carbocycles. The van der Waals surface area contributed by atoms with Gasteiger partial charge in [-0.15, -0.1) is 0 Å². The molecule has 0 spiro atoms. The van der Waals surface area contributed by atoms with Crippen LogP contribution in [0, 0.1) is 0 Å². The fourth-order valence-electron chi connectivity index (χ4n) is 0.664. The number of hydrogen-bond donors (Lipinski definition) is 0. The lowest BCUT2D eigenvalue weighted by molar-refractivity contribution is 0.285. The Morgan fingerprint density at radius 1 is 1.64 bits per heavy atom. The molecule has 0 fully saturated rings. The summed E-state index contributed by atoms with van der Waals surface area (Å²) in [7, 11) is 1.42. The van der Waals surface area contributed by atoms with Crippen molar-refractivity contribution < 1.29 is 9.13 Å². The molecule has 0 aromatic heterocycles. The molecule has 62 valence electrons. The summed E-state index contributed by atoms with van der Waals surface area (Å²) in [5, 5.41) is 0. The van der Waals surface area contributed by atoms with Gasteiger partial charge < -0.3 is 4.74 Å². The highest BCUT2D eigenvalue weighted by molar-refractivity contribution is 5.29. The Balaban J connectivity index is 4.64. The van der Waals surface area contributed by atoms with E-state index in [-0.39, 0.29) is 5.76 Å². The number of rotatable bonds is 4. The predicted molar refractivity (Wildman–Crippen MR) is 44.8 cm³/mol. The molecule has 0 aromatic rings. The fourth-order valence-corrected chi connectivity index (χ4v) is 0.664. The van der Waals surface area contributed by atoms with Crippen molar-refractivity contribution >= 4 is 0 Å². The molecule has 0 amide bonds. The first-order chi connectivity index (χ1) is 5.17. The van der Waals surface area contributed by atoms with Gasteiger partial charge in [0.05, 0.1) is 7.11 Å². The van der Waals surface area contributed by atoms with Crippen LogP contribution in [0.5, 0.6) is 0 Å². The van der Waals surface area contributed by atoms with Crippen LogP contribution in [0.3, 0.4) is 0 Å². The van der Waals surface area contributed by atoms with E-state index < -0.39 is 5.83 Å². The zero-order chi connectivity index (χ0) is 8.85. The van der Waals surface area contributed by atoms with Crippen LogP contribution < -0.4 is 0 Å². The summed E-state index contributed by atoms with van der Waals surface area (Å²) >= 11 is 0. The van der Waals surface area contributed by atoms with Crippen molar-refractivity contribution in [2.75, 3.05) is 7.11 Å². The summed E-state index contributed by atoms with van der Waals surface area (Å²) in [4.78, 5) is 0. The average Bonchev–Trinajstić information content (AvgIpc) is 2.05. The molecule has 0 N–H and O–H groups in total. The minimum absolute atomic E-state index is 0.197. The predicted octanol–water partition coefficient (Wildman–Crippen LogP) is 2.97. The van der Waals surface area contributed by atoms with E-state index in [0.717, 1.165) is 6.08 Å². The Morgan fingerprint density at radius 3 is 2.45 bits per heavy atom.